The van der Waals surface area contributed by atoms with Crippen LogP contribution in [0.3, 0.4) is 0 Å². The van der Waals surface area contributed by atoms with Gasteiger partial charge in [0.2, 0.25) is 0 Å². The monoisotopic (exact) mass is 494 g/mol. The van der Waals surface area contributed by atoms with Crippen molar-refractivity contribution in [2.75, 3.05) is 45.4 Å². The second-order valence-corrected chi connectivity index (χ2v) is 9.28. The van der Waals surface area contributed by atoms with Gasteiger partial charge in [-0.3, -0.25) is 9.78 Å². The molecule has 3 aliphatic rings. The molecule has 1 aliphatic carbocycles. The molecule has 2 aromatic heterocycles. The van der Waals surface area contributed by atoms with Crippen LogP contribution in [0, 0.1) is 5.82 Å². The predicted molar refractivity (Wildman–Crippen MR) is 130 cm³/mol. The minimum atomic E-state index is -0.501. The minimum Gasteiger partial charge on any atom is -0.492 e. The first-order chi connectivity index (χ1) is 17.6. The van der Waals surface area contributed by atoms with Crippen molar-refractivity contribution < 1.29 is 28.1 Å². The number of ether oxygens (including phenoxy) is 4. The van der Waals surface area contributed by atoms with E-state index in [0.717, 1.165) is 24.1 Å². The van der Waals surface area contributed by atoms with Crippen LogP contribution in [-0.2, 0) is 14.9 Å². The number of benzene rings is 1. The van der Waals surface area contributed by atoms with Gasteiger partial charge in [-0.15, -0.1) is 0 Å². The molecule has 2 fully saturated rings. The Labute approximate surface area is 207 Å². The minimum absolute atomic E-state index is 0.0661. The fourth-order valence-electron chi connectivity index (χ4n) is 4.92. The molecular weight excluding hydrogens is 467 g/mol. The largest absolute Gasteiger partial charge is 0.492 e. The molecule has 0 radical (unpaired) electrons. The number of aromatic amines is 1. The summed E-state index contributed by atoms with van der Waals surface area (Å²) in [6, 6.07) is 6.46. The summed E-state index contributed by atoms with van der Waals surface area (Å²) < 4.78 is 37.1. The summed E-state index contributed by atoms with van der Waals surface area (Å²) in [7, 11) is 1.41. The highest BCUT2D eigenvalue weighted by molar-refractivity contribution is 6.07. The van der Waals surface area contributed by atoms with Crippen molar-refractivity contribution in [2.45, 2.75) is 24.4 Å². The first kappa shape index (κ1) is 22.8. The number of fused-ring (bicyclic) bond motifs is 2. The Morgan fingerprint density at radius 1 is 1.28 bits per heavy atom. The van der Waals surface area contributed by atoms with E-state index in [-0.39, 0.29) is 23.2 Å². The van der Waals surface area contributed by atoms with Crippen LogP contribution in [-0.4, -0.2) is 62.1 Å². The molecule has 9 nitrogen and oxygen atoms in total. The van der Waals surface area contributed by atoms with Crippen molar-refractivity contribution in [3.63, 3.8) is 0 Å². The zero-order valence-corrected chi connectivity index (χ0v) is 19.9. The molecular formula is C26H27FN4O5. The first-order valence-electron chi connectivity index (χ1n) is 12.0. The number of amides is 1. The van der Waals surface area contributed by atoms with Gasteiger partial charge in [0, 0.05) is 29.4 Å². The Balaban J connectivity index is 1.44. The Kier molecular flexibility index (Phi) is 5.77. The Hall–Kier alpha value is -3.63. The zero-order valence-electron chi connectivity index (χ0n) is 19.9. The van der Waals surface area contributed by atoms with Crippen LogP contribution < -0.4 is 20.1 Å². The van der Waals surface area contributed by atoms with Crippen molar-refractivity contribution in [3.05, 3.63) is 53.7 Å². The molecule has 188 valence electrons. The summed E-state index contributed by atoms with van der Waals surface area (Å²) in [6.07, 6.45) is 5.07. The van der Waals surface area contributed by atoms with Crippen molar-refractivity contribution in [1.29, 1.82) is 0 Å². The summed E-state index contributed by atoms with van der Waals surface area (Å²) in [5, 5.41) is 6.32. The number of hydrogen-bond donors (Lipinski definition) is 3. The molecule has 1 atom stereocenters. The third-order valence-electron chi connectivity index (χ3n) is 6.99. The molecule has 0 bridgehead atoms. The molecule has 1 amide bonds. The normalized spacial score (nSPS) is 19.9. The molecule has 36 heavy (non-hydrogen) atoms. The van der Waals surface area contributed by atoms with E-state index in [1.807, 2.05) is 6.07 Å². The number of nitrogens with zero attached hydrogens (tertiary/aromatic N) is 1. The lowest BCUT2D eigenvalue weighted by Crippen LogP contribution is -2.39. The first-order valence-corrected chi connectivity index (χ1v) is 12.0. The van der Waals surface area contributed by atoms with E-state index >= 15 is 0 Å². The van der Waals surface area contributed by atoms with E-state index in [9.17, 15) is 9.18 Å². The van der Waals surface area contributed by atoms with Gasteiger partial charge in [0.25, 0.3) is 5.91 Å². The molecule has 1 saturated heterocycles. The smallest absolute Gasteiger partial charge is 0.255 e. The SMILES string of the molecule is COc1c(F)cccc1Nc1c(-c2ccncc2OC[C@H]2COCCO2)[nH]c2c1C(=O)NCC21CC1. The van der Waals surface area contributed by atoms with Gasteiger partial charge < -0.3 is 34.6 Å². The summed E-state index contributed by atoms with van der Waals surface area (Å²) >= 11 is 0. The van der Waals surface area contributed by atoms with Gasteiger partial charge in [0.1, 0.15) is 18.5 Å². The second kappa shape index (κ2) is 9.11. The Morgan fingerprint density at radius 2 is 2.17 bits per heavy atom. The number of pyridine rings is 1. The van der Waals surface area contributed by atoms with Crippen molar-refractivity contribution in [3.8, 4) is 22.8 Å². The predicted octanol–water partition coefficient (Wildman–Crippen LogP) is 3.54. The van der Waals surface area contributed by atoms with Crippen molar-refractivity contribution in [2.24, 2.45) is 0 Å². The number of carbonyl (C=O) groups is 1. The van der Waals surface area contributed by atoms with Gasteiger partial charge in [-0.2, -0.15) is 0 Å². The van der Waals surface area contributed by atoms with E-state index < -0.39 is 5.82 Å². The molecule has 1 saturated carbocycles. The highest BCUT2D eigenvalue weighted by Gasteiger charge is 2.51. The second-order valence-electron chi connectivity index (χ2n) is 9.28. The Bertz CT molecular complexity index is 1300. The standard InChI is InChI=1S/C26H27FN4O5/c1-33-23-17(27)3-2-4-18(23)30-22-20-24(26(6-7-26)14-29-25(20)32)31-21(22)16-5-8-28-11-19(16)36-13-15-12-34-9-10-35-15/h2-5,8,11,15,30-31H,6-7,9-10,12-14H2,1H3,(H,29,32)/t15-/m1/s1. The van der Waals surface area contributed by atoms with Crippen molar-refractivity contribution >= 4 is 17.3 Å². The highest BCUT2D eigenvalue weighted by Crippen LogP contribution is 2.54. The lowest BCUT2D eigenvalue weighted by molar-refractivity contribution is -0.101. The van der Waals surface area contributed by atoms with Crippen LogP contribution in [0.15, 0.2) is 36.7 Å². The van der Waals surface area contributed by atoms with Crippen LogP contribution >= 0.6 is 0 Å². The average Bonchev–Trinajstić information content (AvgIpc) is 3.58. The molecule has 1 aromatic carbocycles. The van der Waals surface area contributed by atoms with E-state index in [0.29, 0.717) is 61.4 Å². The number of hydrogen-bond acceptors (Lipinski definition) is 7. The molecule has 4 heterocycles. The summed E-state index contributed by atoms with van der Waals surface area (Å²) in [5.41, 5.74) is 3.60. The number of halogens is 1. The third-order valence-corrected chi connectivity index (χ3v) is 6.99. The Morgan fingerprint density at radius 3 is 2.94 bits per heavy atom. The van der Waals surface area contributed by atoms with E-state index in [1.54, 1.807) is 24.5 Å². The number of rotatable bonds is 7. The van der Waals surface area contributed by atoms with Gasteiger partial charge in [-0.05, 0) is 31.0 Å². The molecule has 3 N–H and O–H groups in total. The number of H-pyrrole nitrogens is 1. The third kappa shape index (κ3) is 3.96. The maximum absolute atomic E-state index is 14.5. The number of methoxy groups -OCH3 is 1. The summed E-state index contributed by atoms with van der Waals surface area (Å²) in [4.78, 5) is 20.9. The van der Waals surface area contributed by atoms with Crippen LogP contribution in [0.4, 0.5) is 15.8 Å². The maximum Gasteiger partial charge on any atom is 0.255 e. The number of nitrogens with one attached hydrogen (secondary N) is 3. The maximum atomic E-state index is 14.5. The van der Waals surface area contributed by atoms with Crippen LogP contribution in [0.1, 0.15) is 28.9 Å². The average molecular weight is 495 g/mol. The quantitative estimate of drug-likeness (QED) is 0.461. The zero-order chi connectivity index (χ0) is 24.7. The van der Waals surface area contributed by atoms with E-state index in [1.165, 1.54) is 13.2 Å². The van der Waals surface area contributed by atoms with Crippen LogP contribution in [0.25, 0.3) is 11.3 Å². The molecule has 3 aromatic rings. The van der Waals surface area contributed by atoms with E-state index in [2.05, 4.69) is 20.6 Å². The number of carbonyl (C=O) groups excluding carboxylic acids is 1. The number of anilines is 2. The fraction of sp³-hybridized carbons (Fsp3) is 0.385. The molecule has 6 rings (SSSR count). The lowest BCUT2D eigenvalue weighted by Gasteiger charge is -2.23. The lowest BCUT2D eigenvalue weighted by atomic mass is 9.93. The topological polar surface area (TPSA) is 107 Å². The van der Waals surface area contributed by atoms with Gasteiger partial charge in [-0.25, -0.2) is 4.39 Å². The molecule has 10 heteroatoms. The van der Waals surface area contributed by atoms with Crippen LogP contribution in [0.5, 0.6) is 11.5 Å². The van der Waals surface area contributed by atoms with Gasteiger partial charge >= 0.3 is 0 Å². The summed E-state index contributed by atoms with van der Waals surface area (Å²) in [5.74, 6) is -0.0902. The number of para-hydroxylation sites is 1. The van der Waals surface area contributed by atoms with E-state index in [4.69, 9.17) is 18.9 Å². The molecule has 1 spiro atoms. The summed E-state index contributed by atoms with van der Waals surface area (Å²) in [6.45, 7) is 2.44. The van der Waals surface area contributed by atoms with Gasteiger partial charge in [0.05, 0.1) is 55.8 Å². The van der Waals surface area contributed by atoms with Crippen LogP contribution in [0.2, 0.25) is 0 Å². The van der Waals surface area contributed by atoms with Gasteiger partial charge in [0.15, 0.2) is 11.6 Å². The highest BCUT2D eigenvalue weighted by atomic mass is 19.1. The molecule has 2 aliphatic heterocycles. The number of aromatic nitrogens is 2. The van der Waals surface area contributed by atoms with Crippen molar-refractivity contribution in [1.82, 2.24) is 15.3 Å². The fourth-order valence-corrected chi connectivity index (χ4v) is 4.92. The van der Waals surface area contributed by atoms with Gasteiger partial charge in [-0.1, -0.05) is 6.07 Å². The molecule has 0 unspecified atom stereocenters.